The molecule has 2 nitrogen and oxygen atoms in total. The monoisotopic (exact) mass is 165 g/mol. The quantitative estimate of drug-likeness (QED) is 0.523. The molecule has 0 unspecified atom stereocenters. The van der Waals surface area contributed by atoms with E-state index in [1.54, 1.807) is 0 Å². The van der Waals surface area contributed by atoms with E-state index < -0.39 is 0 Å². The topological polar surface area (TPSA) is 17.3 Å². The van der Waals surface area contributed by atoms with E-state index in [9.17, 15) is 0 Å². The van der Waals surface area contributed by atoms with Crippen molar-refractivity contribution in [3.63, 3.8) is 0 Å². The normalized spacial score (nSPS) is 19.4. The third-order valence-corrected chi connectivity index (χ3v) is 1.97. The fourth-order valence-corrected chi connectivity index (χ4v) is 1.29. The van der Waals surface area contributed by atoms with Crippen LogP contribution in [0, 0.1) is 11.8 Å². The maximum atomic E-state index is 4.36. The van der Waals surface area contributed by atoms with Gasteiger partial charge in [0.1, 0.15) is 0 Å². The van der Waals surface area contributed by atoms with E-state index in [0.717, 1.165) is 32.6 Å². The van der Waals surface area contributed by atoms with Crippen LogP contribution in [0.3, 0.4) is 0 Å². The Morgan fingerprint density at radius 2 is 2.17 bits per heavy atom. The van der Waals surface area contributed by atoms with Gasteiger partial charge < -0.3 is 0 Å². The zero-order valence-electron chi connectivity index (χ0n) is 7.84. The van der Waals surface area contributed by atoms with Gasteiger partial charge in [-0.1, -0.05) is 12.8 Å². The minimum absolute atomic E-state index is 0.934. The van der Waals surface area contributed by atoms with Crippen molar-refractivity contribution in [1.29, 1.82) is 0 Å². The summed E-state index contributed by atoms with van der Waals surface area (Å²) < 4.78 is 0. The summed E-state index contributed by atoms with van der Waals surface area (Å²) in [6.45, 7) is 7.32. The van der Waals surface area contributed by atoms with Gasteiger partial charge in [-0.3, -0.25) is 4.90 Å². The van der Waals surface area contributed by atoms with Crippen molar-refractivity contribution in [3.05, 3.63) is 0 Å². The molecule has 0 aromatic heterocycles. The molecule has 1 heterocycles. The minimum Gasteiger partial charge on any atom is -0.291 e. The summed E-state index contributed by atoms with van der Waals surface area (Å²) in [5.74, 6) is 6.26. The van der Waals surface area contributed by atoms with Crippen LogP contribution in [0.2, 0.25) is 0 Å². The fourth-order valence-electron chi connectivity index (χ4n) is 1.29. The van der Waals surface area contributed by atoms with Gasteiger partial charge in [-0.25, -0.2) is 5.32 Å². The van der Waals surface area contributed by atoms with Gasteiger partial charge in [-0.05, 0) is 6.42 Å². The van der Waals surface area contributed by atoms with Gasteiger partial charge in [0, 0.05) is 32.6 Å². The zero-order valence-corrected chi connectivity index (χ0v) is 7.84. The van der Waals surface area contributed by atoms with E-state index in [0.29, 0.717) is 0 Å². The second-order valence-electron chi connectivity index (χ2n) is 3.01. The van der Waals surface area contributed by atoms with Gasteiger partial charge in [0.2, 0.25) is 0 Å². The molecule has 1 radical (unpaired) electrons. The Morgan fingerprint density at radius 1 is 1.25 bits per heavy atom. The van der Waals surface area contributed by atoms with Gasteiger partial charge in [0.25, 0.3) is 0 Å². The molecule has 1 aliphatic heterocycles. The second kappa shape index (κ2) is 6.05. The van der Waals surface area contributed by atoms with Crippen molar-refractivity contribution in [2.75, 3.05) is 32.7 Å². The van der Waals surface area contributed by atoms with Crippen molar-refractivity contribution in [1.82, 2.24) is 10.2 Å². The summed E-state index contributed by atoms with van der Waals surface area (Å²) in [5, 5.41) is 4.36. The fraction of sp³-hybridized carbons (Fsp3) is 0.800. The molecule has 1 saturated heterocycles. The molecular formula is C10H17N2. The number of hydrogen-bond acceptors (Lipinski definition) is 1. The highest BCUT2D eigenvalue weighted by Gasteiger charge is 2.06. The zero-order chi connectivity index (χ0) is 8.65. The number of rotatable bonds is 1. The van der Waals surface area contributed by atoms with E-state index in [1.807, 2.05) is 0 Å². The van der Waals surface area contributed by atoms with Crippen LogP contribution < -0.4 is 5.32 Å². The van der Waals surface area contributed by atoms with Crippen LogP contribution in [0.5, 0.6) is 0 Å². The lowest BCUT2D eigenvalue weighted by Crippen LogP contribution is -2.27. The van der Waals surface area contributed by atoms with Gasteiger partial charge >= 0.3 is 0 Å². The van der Waals surface area contributed by atoms with Crippen LogP contribution >= 0.6 is 0 Å². The summed E-state index contributed by atoms with van der Waals surface area (Å²) in [4.78, 5) is 2.39. The molecule has 0 saturated carbocycles. The van der Waals surface area contributed by atoms with E-state index in [4.69, 9.17) is 0 Å². The maximum Gasteiger partial charge on any atom is 0.0602 e. The van der Waals surface area contributed by atoms with Gasteiger partial charge in [0.15, 0.2) is 0 Å². The molecule has 1 fully saturated rings. The molecule has 0 aromatic rings. The van der Waals surface area contributed by atoms with Crippen LogP contribution in [0.15, 0.2) is 0 Å². The van der Waals surface area contributed by atoms with Crippen LogP contribution in [0.1, 0.15) is 19.8 Å². The summed E-state index contributed by atoms with van der Waals surface area (Å²) in [5.41, 5.74) is 0. The second-order valence-corrected chi connectivity index (χ2v) is 3.01. The lowest BCUT2D eigenvalue weighted by Gasteiger charge is -2.14. The van der Waals surface area contributed by atoms with Crippen LogP contribution in [-0.2, 0) is 0 Å². The first kappa shape index (κ1) is 9.57. The van der Waals surface area contributed by atoms with Crippen LogP contribution in [-0.4, -0.2) is 37.6 Å². The van der Waals surface area contributed by atoms with Crippen molar-refractivity contribution < 1.29 is 0 Å². The Balaban J connectivity index is 2.20. The Labute approximate surface area is 75.3 Å². The summed E-state index contributed by atoms with van der Waals surface area (Å²) in [7, 11) is 0. The maximum absolute atomic E-state index is 4.36. The van der Waals surface area contributed by atoms with Crippen molar-refractivity contribution in [2.45, 2.75) is 19.8 Å². The molecule has 1 aliphatic rings. The summed E-state index contributed by atoms with van der Waals surface area (Å²) >= 11 is 0. The molecule has 1 rings (SSSR count). The molecule has 0 spiro atoms. The number of hydrogen-bond donors (Lipinski definition) is 0. The molecule has 2 heteroatoms. The molecule has 0 aliphatic carbocycles. The molecule has 0 N–H and O–H groups in total. The number of nitrogens with zero attached hydrogens (tertiary/aromatic N) is 2. The Morgan fingerprint density at radius 3 is 3.00 bits per heavy atom. The third kappa shape index (κ3) is 3.75. The highest BCUT2D eigenvalue weighted by atomic mass is 15.1. The first-order valence-electron chi connectivity index (χ1n) is 4.75. The molecular weight excluding hydrogens is 148 g/mol. The molecule has 0 bridgehead atoms. The van der Waals surface area contributed by atoms with Crippen molar-refractivity contribution in [3.8, 4) is 11.8 Å². The SMILES string of the molecule is CCC#CCN1CCC[N]CC1. The van der Waals surface area contributed by atoms with E-state index in [-0.39, 0.29) is 0 Å². The lowest BCUT2D eigenvalue weighted by atomic mass is 10.4. The Bertz CT molecular complexity index is 158. The Kier molecular flexibility index (Phi) is 4.82. The largest absolute Gasteiger partial charge is 0.291 e. The predicted octanol–water partition coefficient (Wildman–Crippen LogP) is 0.710. The summed E-state index contributed by atoms with van der Waals surface area (Å²) in [6, 6.07) is 0. The Hall–Kier alpha value is -0.520. The predicted molar refractivity (Wildman–Crippen MR) is 51.0 cm³/mol. The van der Waals surface area contributed by atoms with E-state index in [2.05, 4.69) is 29.0 Å². The highest BCUT2D eigenvalue weighted by Crippen LogP contribution is 1.94. The molecule has 0 atom stereocenters. The first-order chi connectivity index (χ1) is 5.93. The first-order valence-corrected chi connectivity index (χ1v) is 4.75. The standard InChI is InChI=1S/C10H17N2/c1-2-3-4-8-12-9-5-6-11-7-10-12/h2,5-10H2,1H3. The average Bonchev–Trinajstić information content (AvgIpc) is 2.33. The molecule has 12 heavy (non-hydrogen) atoms. The van der Waals surface area contributed by atoms with E-state index >= 15 is 0 Å². The van der Waals surface area contributed by atoms with Crippen molar-refractivity contribution >= 4 is 0 Å². The molecule has 0 amide bonds. The van der Waals surface area contributed by atoms with Crippen LogP contribution in [0.4, 0.5) is 0 Å². The van der Waals surface area contributed by atoms with Gasteiger partial charge in [0.05, 0.1) is 6.54 Å². The highest BCUT2D eigenvalue weighted by molar-refractivity contribution is 5.00. The lowest BCUT2D eigenvalue weighted by molar-refractivity contribution is 0.329. The van der Waals surface area contributed by atoms with Crippen LogP contribution in [0.25, 0.3) is 0 Å². The van der Waals surface area contributed by atoms with Gasteiger partial charge in [-0.2, -0.15) is 0 Å². The smallest absolute Gasteiger partial charge is 0.0602 e. The summed E-state index contributed by atoms with van der Waals surface area (Å²) in [6.07, 6.45) is 2.17. The minimum atomic E-state index is 0.934. The molecule has 0 aromatic carbocycles. The van der Waals surface area contributed by atoms with Crippen molar-refractivity contribution in [2.24, 2.45) is 0 Å². The average molecular weight is 165 g/mol. The molecule has 67 valence electrons. The van der Waals surface area contributed by atoms with Gasteiger partial charge in [-0.15, -0.1) is 5.92 Å². The third-order valence-electron chi connectivity index (χ3n) is 1.97. The van der Waals surface area contributed by atoms with E-state index in [1.165, 1.54) is 13.0 Å².